The summed E-state index contributed by atoms with van der Waals surface area (Å²) < 4.78 is 34.7. The molecule has 140 valence electrons. The maximum atomic E-state index is 10.5. The standard InChI is InChI=1S/C11H15N3O.C7H8O3S/c1-15-10-2-9(4-12-5-10)14-6-8-3-13-11(8)7-14;1-6-2-4-7(5-3-6)11(8,9)10/h2,4-5,8,11,13H,3,6-7H2,1H3;2-5H,1H3,(H,8,9,10)/t8-,11+;/m0./s1. The lowest BCUT2D eigenvalue weighted by molar-refractivity contribution is 0.297. The molecule has 8 heteroatoms. The second-order valence-electron chi connectivity index (χ2n) is 6.55. The van der Waals surface area contributed by atoms with Gasteiger partial charge in [-0.15, -0.1) is 0 Å². The van der Waals surface area contributed by atoms with E-state index in [4.69, 9.17) is 9.29 Å². The highest BCUT2D eigenvalue weighted by atomic mass is 32.2. The lowest BCUT2D eigenvalue weighted by atomic mass is 9.96. The van der Waals surface area contributed by atoms with Crippen molar-refractivity contribution in [1.82, 2.24) is 10.3 Å². The van der Waals surface area contributed by atoms with Gasteiger partial charge in [-0.2, -0.15) is 8.42 Å². The summed E-state index contributed by atoms with van der Waals surface area (Å²) in [6.07, 6.45) is 3.65. The number of hydrogen-bond donors (Lipinski definition) is 2. The summed E-state index contributed by atoms with van der Waals surface area (Å²) in [4.78, 5) is 6.50. The summed E-state index contributed by atoms with van der Waals surface area (Å²) in [6, 6.07) is 8.73. The molecule has 0 amide bonds. The van der Waals surface area contributed by atoms with Gasteiger partial charge in [0, 0.05) is 37.7 Å². The summed E-state index contributed by atoms with van der Waals surface area (Å²) >= 11 is 0. The van der Waals surface area contributed by atoms with Crippen LogP contribution in [0, 0.1) is 12.8 Å². The van der Waals surface area contributed by atoms with Gasteiger partial charge in [0.1, 0.15) is 5.75 Å². The molecule has 0 saturated carbocycles. The van der Waals surface area contributed by atoms with Gasteiger partial charge in [0.05, 0.1) is 30.1 Å². The van der Waals surface area contributed by atoms with Crippen LogP contribution in [0.1, 0.15) is 5.56 Å². The molecule has 26 heavy (non-hydrogen) atoms. The van der Waals surface area contributed by atoms with Crippen LogP contribution in [-0.4, -0.2) is 50.7 Å². The van der Waals surface area contributed by atoms with Crippen molar-refractivity contribution in [2.75, 3.05) is 31.6 Å². The van der Waals surface area contributed by atoms with Crippen LogP contribution >= 0.6 is 0 Å². The van der Waals surface area contributed by atoms with Crippen molar-refractivity contribution < 1.29 is 17.7 Å². The topological polar surface area (TPSA) is 91.8 Å². The third kappa shape index (κ3) is 4.32. The largest absolute Gasteiger partial charge is 0.495 e. The fourth-order valence-electron chi connectivity index (χ4n) is 3.06. The number of ether oxygens (including phenoxy) is 1. The normalized spacial score (nSPS) is 21.3. The summed E-state index contributed by atoms with van der Waals surface area (Å²) in [7, 11) is -2.34. The average molecular weight is 377 g/mol. The van der Waals surface area contributed by atoms with E-state index in [1.165, 1.54) is 24.4 Å². The summed E-state index contributed by atoms with van der Waals surface area (Å²) in [5.41, 5.74) is 2.13. The van der Waals surface area contributed by atoms with E-state index < -0.39 is 10.1 Å². The number of benzene rings is 1. The van der Waals surface area contributed by atoms with Crippen molar-refractivity contribution in [1.29, 1.82) is 0 Å². The number of methoxy groups -OCH3 is 1. The molecule has 4 rings (SSSR count). The molecular weight excluding hydrogens is 354 g/mol. The Morgan fingerprint density at radius 2 is 1.96 bits per heavy atom. The Bertz CT molecular complexity index is 843. The van der Waals surface area contributed by atoms with Gasteiger partial charge in [-0.25, -0.2) is 0 Å². The van der Waals surface area contributed by atoms with Gasteiger partial charge in [-0.1, -0.05) is 17.7 Å². The molecule has 7 nitrogen and oxygen atoms in total. The SMILES string of the molecule is COc1cncc(N2C[C@@H]3CN[C@@H]3C2)c1.Cc1ccc(S(=O)(=O)O)cc1. The molecule has 1 aromatic heterocycles. The Kier molecular flexibility index (Phi) is 5.45. The molecule has 2 aromatic rings. The van der Waals surface area contributed by atoms with E-state index >= 15 is 0 Å². The van der Waals surface area contributed by atoms with Gasteiger partial charge in [0.2, 0.25) is 0 Å². The molecule has 2 fully saturated rings. The van der Waals surface area contributed by atoms with Crippen LogP contribution in [0.5, 0.6) is 5.75 Å². The van der Waals surface area contributed by atoms with Crippen LogP contribution in [-0.2, 0) is 10.1 Å². The predicted molar refractivity (Wildman–Crippen MR) is 99.3 cm³/mol. The zero-order chi connectivity index (χ0) is 18.7. The maximum Gasteiger partial charge on any atom is 0.294 e. The van der Waals surface area contributed by atoms with E-state index in [0.29, 0.717) is 6.04 Å². The fraction of sp³-hybridized carbons (Fsp3) is 0.389. The lowest BCUT2D eigenvalue weighted by Gasteiger charge is -2.29. The molecule has 1 aromatic carbocycles. The fourth-order valence-corrected chi connectivity index (χ4v) is 3.54. The van der Waals surface area contributed by atoms with Crippen molar-refractivity contribution in [3.8, 4) is 5.75 Å². The molecule has 2 saturated heterocycles. The molecule has 0 radical (unpaired) electrons. The van der Waals surface area contributed by atoms with E-state index in [0.717, 1.165) is 30.3 Å². The predicted octanol–water partition coefficient (Wildman–Crippen LogP) is 1.74. The quantitative estimate of drug-likeness (QED) is 0.787. The maximum absolute atomic E-state index is 10.5. The first kappa shape index (κ1) is 18.6. The third-order valence-corrected chi connectivity index (χ3v) is 5.57. The van der Waals surface area contributed by atoms with E-state index in [-0.39, 0.29) is 4.90 Å². The zero-order valence-electron chi connectivity index (χ0n) is 14.8. The molecule has 0 spiro atoms. The average Bonchev–Trinajstić information content (AvgIpc) is 2.90. The number of anilines is 1. The molecule has 2 aliphatic heterocycles. The summed E-state index contributed by atoms with van der Waals surface area (Å²) in [6.45, 7) is 5.25. The highest BCUT2D eigenvalue weighted by Crippen LogP contribution is 2.29. The van der Waals surface area contributed by atoms with Gasteiger partial charge < -0.3 is 15.0 Å². The molecule has 3 heterocycles. The zero-order valence-corrected chi connectivity index (χ0v) is 15.6. The van der Waals surface area contributed by atoms with Gasteiger partial charge in [0.15, 0.2) is 0 Å². The number of pyridine rings is 1. The second-order valence-corrected chi connectivity index (χ2v) is 7.97. The molecule has 2 aliphatic rings. The van der Waals surface area contributed by atoms with E-state index in [9.17, 15) is 8.42 Å². The third-order valence-electron chi connectivity index (χ3n) is 4.70. The van der Waals surface area contributed by atoms with Crippen LogP contribution in [0.15, 0.2) is 47.6 Å². The Morgan fingerprint density at radius 1 is 1.23 bits per heavy atom. The van der Waals surface area contributed by atoms with Crippen LogP contribution < -0.4 is 15.0 Å². The van der Waals surface area contributed by atoms with Crippen molar-refractivity contribution in [2.24, 2.45) is 5.92 Å². The van der Waals surface area contributed by atoms with E-state index in [2.05, 4.69) is 21.3 Å². The minimum atomic E-state index is -4.02. The summed E-state index contributed by atoms with van der Waals surface area (Å²) in [5, 5.41) is 3.44. The second kappa shape index (κ2) is 7.61. The minimum Gasteiger partial charge on any atom is -0.495 e. The molecule has 0 unspecified atom stereocenters. The first-order chi connectivity index (χ1) is 12.4. The van der Waals surface area contributed by atoms with Crippen LogP contribution in [0.4, 0.5) is 5.69 Å². The Hall–Kier alpha value is -2.16. The van der Waals surface area contributed by atoms with Crippen molar-refractivity contribution in [2.45, 2.75) is 17.9 Å². The first-order valence-electron chi connectivity index (χ1n) is 8.38. The summed E-state index contributed by atoms with van der Waals surface area (Å²) in [5.74, 6) is 1.66. The van der Waals surface area contributed by atoms with E-state index in [1.807, 2.05) is 13.1 Å². The van der Waals surface area contributed by atoms with E-state index in [1.54, 1.807) is 25.4 Å². The van der Waals surface area contributed by atoms with Crippen LogP contribution in [0.25, 0.3) is 0 Å². The number of hydrogen-bond acceptors (Lipinski definition) is 6. The van der Waals surface area contributed by atoms with Crippen LogP contribution in [0.2, 0.25) is 0 Å². The Morgan fingerprint density at radius 3 is 2.46 bits per heavy atom. The molecule has 0 bridgehead atoms. The van der Waals surface area contributed by atoms with Gasteiger partial charge in [0.25, 0.3) is 10.1 Å². The number of aromatic nitrogens is 1. The number of aryl methyl sites for hydroxylation is 1. The molecule has 2 atom stereocenters. The van der Waals surface area contributed by atoms with Gasteiger partial charge in [-0.05, 0) is 19.1 Å². The van der Waals surface area contributed by atoms with Crippen molar-refractivity contribution in [3.63, 3.8) is 0 Å². The van der Waals surface area contributed by atoms with Gasteiger partial charge >= 0.3 is 0 Å². The van der Waals surface area contributed by atoms with Crippen LogP contribution in [0.3, 0.4) is 0 Å². The number of fused-ring (bicyclic) bond motifs is 1. The molecular formula is C18H23N3O4S. The van der Waals surface area contributed by atoms with Gasteiger partial charge in [-0.3, -0.25) is 9.54 Å². The minimum absolute atomic E-state index is 0.0666. The Balaban J connectivity index is 0.000000160. The number of nitrogens with zero attached hydrogens (tertiary/aromatic N) is 2. The highest BCUT2D eigenvalue weighted by molar-refractivity contribution is 7.85. The Labute approximate surface area is 153 Å². The lowest BCUT2D eigenvalue weighted by Crippen LogP contribution is -2.51. The monoisotopic (exact) mass is 377 g/mol. The first-order valence-corrected chi connectivity index (χ1v) is 9.82. The smallest absolute Gasteiger partial charge is 0.294 e. The van der Waals surface area contributed by atoms with Crippen molar-refractivity contribution in [3.05, 3.63) is 48.3 Å². The number of rotatable bonds is 3. The highest BCUT2D eigenvalue weighted by Gasteiger charge is 2.39. The van der Waals surface area contributed by atoms with Crippen molar-refractivity contribution >= 4 is 15.8 Å². The molecule has 2 N–H and O–H groups in total. The molecule has 0 aliphatic carbocycles. The number of nitrogens with one attached hydrogen (secondary N) is 1.